The van der Waals surface area contributed by atoms with Crippen molar-refractivity contribution in [2.75, 3.05) is 24.0 Å². The maximum atomic E-state index is 9.95. The van der Waals surface area contributed by atoms with Gasteiger partial charge in [0, 0.05) is 0 Å². The Bertz CT molecular complexity index is 212. The van der Waals surface area contributed by atoms with Gasteiger partial charge >= 0.3 is 11.9 Å². The van der Waals surface area contributed by atoms with Crippen molar-refractivity contribution in [3.05, 3.63) is 0 Å². The van der Waals surface area contributed by atoms with E-state index in [1.807, 2.05) is 12.5 Å². The van der Waals surface area contributed by atoms with Gasteiger partial charge in [0.25, 0.3) is 0 Å². The number of thioether (sulfide) groups is 2. The van der Waals surface area contributed by atoms with Crippen molar-refractivity contribution in [1.29, 1.82) is 0 Å². The molecule has 18 heavy (non-hydrogen) atoms. The Morgan fingerprint density at radius 3 is 1.33 bits per heavy atom. The molecule has 0 aliphatic heterocycles. The van der Waals surface area contributed by atoms with Crippen LogP contribution in [0.25, 0.3) is 0 Å². The predicted octanol–water partition coefficient (Wildman–Crippen LogP) is 0.370. The van der Waals surface area contributed by atoms with Crippen LogP contribution in [0, 0.1) is 0 Å². The lowest BCUT2D eigenvalue weighted by Gasteiger charge is -2.01. The molecule has 0 aliphatic carbocycles. The Kier molecular flexibility index (Phi) is 14.4. The SMILES string of the molecule is CSCC[C@@H](O)C(=O)O.CSCC[C@@H](O)C(=O)O. The fourth-order valence-corrected chi connectivity index (χ4v) is 1.62. The molecule has 0 aromatic carbocycles. The molecular weight excluding hydrogens is 280 g/mol. The lowest BCUT2D eigenvalue weighted by molar-refractivity contribution is -0.147. The molecule has 2 atom stereocenters. The van der Waals surface area contributed by atoms with E-state index in [4.69, 9.17) is 20.4 Å². The van der Waals surface area contributed by atoms with Gasteiger partial charge in [-0.05, 0) is 36.9 Å². The van der Waals surface area contributed by atoms with E-state index in [0.29, 0.717) is 24.3 Å². The number of aliphatic hydroxyl groups excluding tert-OH is 2. The van der Waals surface area contributed by atoms with Gasteiger partial charge in [-0.3, -0.25) is 0 Å². The summed E-state index contributed by atoms with van der Waals surface area (Å²) in [4.78, 5) is 19.9. The van der Waals surface area contributed by atoms with Crippen molar-refractivity contribution in [2.24, 2.45) is 0 Å². The molecule has 0 aromatic rings. The highest BCUT2D eigenvalue weighted by Gasteiger charge is 2.11. The molecule has 0 saturated carbocycles. The number of carbonyl (C=O) groups is 2. The fourth-order valence-electron chi connectivity index (χ4n) is 0.706. The Hall–Kier alpha value is -0.440. The summed E-state index contributed by atoms with van der Waals surface area (Å²) in [5, 5.41) is 33.6. The predicted molar refractivity (Wildman–Crippen MR) is 73.3 cm³/mol. The number of rotatable bonds is 8. The van der Waals surface area contributed by atoms with Crippen LogP contribution in [0.5, 0.6) is 0 Å². The average Bonchev–Trinajstić information content (AvgIpc) is 2.33. The molecule has 0 spiro atoms. The van der Waals surface area contributed by atoms with E-state index in [0.717, 1.165) is 0 Å². The topological polar surface area (TPSA) is 115 Å². The van der Waals surface area contributed by atoms with E-state index in [-0.39, 0.29) is 0 Å². The van der Waals surface area contributed by atoms with Crippen LogP contribution in [0.15, 0.2) is 0 Å². The number of carboxylic acids is 2. The van der Waals surface area contributed by atoms with E-state index in [9.17, 15) is 9.59 Å². The van der Waals surface area contributed by atoms with Gasteiger partial charge in [0.05, 0.1) is 0 Å². The maximum Gasteiger partial charge on any atom is 0.332 e. The molecular formula is C10H20O6S2. The van der Waals surface area contributed by atoms with Crippen molar-refractivity contribution < 1.29 is 30.0 Å². The molecule has 0 amide bonds. The third-order valence-electron chi connectivity index (χ3n) is 1.76. The van der Waals surface area contributed by atoms with Crippen LogP contribution in [0.1, 0.15) is 12.8 Å². The van der Waals surface area contributed by atoms with Gasteiger partial charge in [-0.15, -0.1) is 0 Å². The van der Waals surface area contributed by atoms with Crippen LogP contribution in [0.2, 0.25) is 0 Å². The van der Waals surface area contributed by atoms with Crippen molar-refractivity contribution in [3.8, 4) is 0 Å². The van der Waals surface area contributed by atoms with E-state index in [1.54, 1.807) is 0 Å². The first-order valence-corrected chi connectivity index (χ1v) is 7.95. The fraction of sp³-hybridized carbons (Fsp3) is 0.800. The molecule has 0 radical (unpaired) electrons. The molecule has 0 aromatic heterocycles. The number of aliphatic carboxylic acids is 2. The van der Waals surface area contributed by atoms with E-state index >= 15 is 0 Å². The molecule has 108 valence electrons. The molecule has 0 saturated heterocycles. The zero-order chi connectivity index (χ0) is 14.6. The van der Waals surface area contributed by atoms with Gasteiger partial charge in [-0.1, -0.05) is 0 Å². The van der Waals surface area contributed by atoms with Crippen molar-refractivity contribution in [1.82, 2.24) is 0 Å². The third-order valence-corrected chi connectivity index (χ3v) is 3.05. The highest BCUT2D eigenvalue weighted by molar-refractivity contribution is 7.98. The molecule has 0 unspecified atom stereocenters. The number of hydrogen-bond donors (Lipinski definition) is 4. The van der Waals surface area contributed by atoms with Gasteiger partial charge in [-0.2, -0.15) is 23.5 Å². The Labute approximate surface area is 115 Å². The standard InChI is InChI=1S/2C5H10O3S/c2*1-9-3-2-4(6)5(7)8/h2*4,6H,2-3H2,1H3,(H,7,8)/t2*4-/m11/s1. The maximum absolute atomic E-state index is 9.95. The Balaban J connectivity index is 0. The van der Waals surface area contributed by atoms with E-state index in [1.165, 1.54) is 23.5 Å². The van der Waals surface area contributed by atoms with Gasteiger partial charge in [0.1, 0.15) is 0 Å². The summed E-state index contributed by atoms with van der Waals surface area (Å²) in [5.74, 6) is -0.894. The van der Waals surface area contributed by atoms with Gasteiger partial charge in [0.15, 0.2) is 12.2 Å². The lowest BCUT2D eigenvalue weighted by atomic mass is 10.3. The molecule has 0 rings (SSSR count). The first-order chi connectivity index (χ1) is 8.36. The van der Waals surface area contributed by atoms with Crippen LogP contribution >= 0.6 is 23.5 Å². The van der Waals surface area contributed by atoms with Crippen LogP contribution in [-0.2, 0) is 9.59 Å². The largest absolute Gasteiger partial charge is 0.479 e. The quantitative estimate of drug-likeness (QED) is 0.508. The van der Waals surface area contributed by atoms with E-state index < -0.39 is 24.1 Å². The minimum Gasteiger partial charge on any atom is -0.479 e. The van der Waals surface area contributed by atoms with Gasteiger partial charge < -0.3 is 20.4 Å². The summed E-state index contributed by atoms with van der Waals surface area (Å²) in [7, 11) is 0. The second-order valence-corrected chi connectivity index (χ2v) is 5.24. The van der Waals surface area contributed by atoms with Crippen molar-refractivity contribution in [2.45, 2.75) is 25.0 Å². The number of carboxylic acid groups (broad SMARTS) is 2. The highest BCUT2D eigenvalue weighted by atomic mass is 32.2. The van der Waals surface area contributed by atoms with Crippen LogP contribution < -0.4 is 0 Å². The summed E-state index contributed by atoms with van der Waals surface area (Å²) < 4.78 is 0. The minimum atomic E-state index is -1.18. The van der Waals surface area contributed by atoms with Gasteiger partial charge in [-0.25, -0.2) is 9.59 Å². The summed E-state index contributed by atoms with van der Waals surface area (Å²) in [6, 6.07) is 0. The van der Waals surface area contributed by atoms with Crippen LogP contribution in [0.4, 0.5) is 0 Å². The molecule has 6 nitrogen and oxygen atoms in total. The average molecular weight is 300 g/mol. The second-order valence-electron chi connectivity index (χ2n) is 3.27. The van der Waals surface area contributed by atoms with Crippen molar-refractivity contribution >= 4 is 35.5 Å². The summed E-state index contributed by atoms with van der Waals surface area (Å²) in [6.45, 7) is 0. The Morgan fingerprint density at radius 1 is 0.889 bits per heavy atom. The normalized spacial score (nSPS) is 13.1. The molecule has 0 aliphatic rings. The molecule has 0 fully saturated rings. The molecule has 4 N–H and O–H groups in total. The molecule has 0 bridgehead atoms. The molecule has 0 heterocycles. The number of hydrogen-bond acceptors (Lipinski definition) is 6. The van der Waals surface area contributed by atoms with E-state index in [2.05, 4.69) is 0 Å². The zero-order valence-electron chi connectivity index (χ0n) is 10.4. The Morgan fingerprint density at radius 2 is 1.17 bits per heavy atom. The van der Waals surface area contributed by atoms with Crippen molar-refractivity contribution in [3.63, 3.8) is 0 Å². The highest BCUT2D eigenvalue weighted by Crippen LogP contribution is 2.00. The number of aliphatic hydroxyl groups is 2. The lowest BCUT2D eigenvalue weighted by Crippen LogP contribution is -2.19. The second kappa shape index (κ2) is 13.0. The smallest absolute Gasteiger partial charge is 0.332 e. The summed E-state index contributed by atoms with van der Waals surface area (Å²) in [5.41, 5.74) is 0. The van der Waals surface area contributed by atoms with Crippen LogP contribution in [0.3, 0.4) is 0 Å². The minimum absolute atomic E-state index is 0.330. The molecule has 8 heteroatoms. The first kappa shape index (κ1) is 19.9. The third kappa shape index (κ3) is 13.6. The van der Waals surface area contributed by atoms with Crippen LogP contribution in [-0.4, -0.2) is 68.6 Å². The first-order valence-electron chi connectivity index (χ1n) is 5.16. The monoisotopic (exact) mass is 300 g/mol. The summed E-state index contributed by atoms with van der Waals surface area (Å²) >= 11 is 3.05. The zero-order valence-corrected chi connectivity index (χ0v) is 12.0. The van der Waals surface area contributed by atoms with Gasteiger partial charge in [0.2, 0.25) is 0 Å². The summed E-state index contributed by atoms with van der Waals surface area (Å²) in [6.07, 6.45) is 2.03.